The third-order valence-electron chi connectivity index (χ3n) is 4.28. The van der Waals surface area contributed by atoms with E-state index in [0.29, 0.717) is 28.0 Å². The SMILES string of the molecule is O=c1[nH]c(-c2ccc(N3CCCC3)c(F)c2)nc2ccccc12. The van der Waals surface area contributed by atoms with Gasteiger partial charge < -0.3 is 9.88 Å². The Bertz CT molecular complexity index is 929. The van der Waals surface area contributed by atoms with Gasteiger partial charge in [0.05, 0.1) is 16.6 Å². The molecule has 0 saturated carbocycles. The van der Waals surface area contributed by atoms with Crippen LogP contribution in [0.4, 0.5) is 10.1 Å². The maximum absolute atomic E-state index is 14.4. The summed E-state index contributed by atoms with van der Waals surface area (Å²) in [6.45, 7) is 1.78. The van der Waals surface area contributed by atoms with Gasteiger partial charge in [0.1, 0.15) is 11.6 Å². The molecule has 4 rings (SSSR count). The lowest BCUT2D eigenvalue weighted by molar-refractivity contribution is 0.623. The molecule has 0 radical (unpaired) electrons. The minimum atomic E-state index is -0.278. The third-order valence-corrected chi connectivity index (χ3v) is 4.28. The summed E-state index contributed by atoms with van der Waals surface area (Å²) >= 11 is 0. The summed E-state index contributed by atoms with van der Waals surface area (Å²) in [4.78, 5) is 21.4. The summed E-state index contributed by atoms with van der Waals surface area (Å²) in [5, 5.41) is 0.533. The highest BCUT2D eigenvalue weighted by Crippen LogP contribution is 2.27. The van der Waals surface area contributed by atoms with E-state index in [4.69, 9.17) is 0 Å². The number of nitrogens with one attached hydrogen (secondary N) is 1. The van der Waals surface area contributed by atoms with Gasteiger partial charge in [-0.25, -0.2) is 9.37 Å². The predicted octanol–water partition coefficient (Wildman–Crippen LogP) is 3.33. The van der Waals surface area contributed by atoms with Crippen LogP contribution in [0.1, 0.15) is 12.8 Å². The Balaban J connectivity index is 1.78. The number of aromatic amines is 1. The van der Waals surface area contributed by atoms with Gasteiger partial charge in [0.15, 0.2) is 0 Å². The van der Waals surface area contributed by atoms with E-state index in [-0.39, 0.29) is 11.4 Å². The van der Waals surface area contributed by atoms with Crippen molar-refractivity contribution in [1.29, 1.82) is 0 Å². The first-order chi connectivity index (χ1) is 11.2. The fourth-order valence-corrected chi connectivity index (χ4v) is 3.09. The van der Waals surface area contributed by atoms with E-state index in [0.717, 1.165) is 25.9 Å². The molecule has 1 aliphatic rings. The van der Waals surface area contributed by atoms with Crippen molar-refractivity contribution in [2.75, 3.05) is 18.0 Å². The van der Waals surface area contributed by atoms with Gasteiger partial charge in [-0.3, -0.25) is 4.79 Å². The molecular formula is C18H16FN3O. The van der Waals surface area contributed by atoms with Gasteiger partial charge in [-0.2, -0.15) is 0 Å². The molecule has 2 heterocycles. The quantitative estimate of drug-likeness (QED) is 0.790. The van der Waals surface area contributed by atoms with Crippen LogP contribution in [0.15, 0.2) is 47.3 Å². The topological polar surface area (TPSA) is 49.0 Å². The predicted molar refractivity (Wildman–Crippen MR) is 89.2 cm³/mol. The number of H-pyrrole nitrogens is 1. The number of aromatic nitrogens is 2. The number of benzene rings is 2. The van der Waals surface area contributed by atoms with E-state index in [1.165, 1.54) is 6.07 Å². The van der Waals surface area contributed by atoms with Crippen LogP contribution in [0.5, 0.6) is 0 Å². The fraction of sp³-hybridized carbons (Fsp3) is 0.222. The number of hydrogen-bond acceptors (Lipinski definition) is 3. The summed E-state index contributed by atoms with van der Waals surface area (Å²) in [5.74, 6) is 0.112. The highest BCUT2D eigenvalue weighted by Gasteiger charge is 2.17. The van der Waals surface area contributed by atoms with Gasteiger partial charge >= 0.3 is 0 Å². The first kappa shape index (κ1) is 13.9. The van der Waals surface area contributed by atoms with E-state index in [1.807, 2.05) is 12.1 Å². The maximum atomic E-state index is 14.4. The molecular weight excluding hydrogens is 293 g/mol. The molecule has 1 fully saturated rings. The molecule has 1 aliphatic heterocycles. The van der Waals surface area contributed by atoms with Gasteiger partial charge in [-0.15, -0.1) is 0 Å². The number of hydrogen-bond donors (Lipinski definition) is 1. The highest BCUT2D eigenvalue weighted by atomic mass is 19.1. The average Bonchev–Trinajstić information content (AvgIpc) is 3.09. The van der Waals surface area contributed by atoms with Crippen molar-refractivity contribution in [2.45, 2.75) is 12.8 Å². The van der Waals surface area contributed by atoms with E-state index in [9.17, 15) is 9.18 Å². The second-order valence-electron chi connectivity index (χ2n) is 5.79. The van der Waals surface area contributed by atoms with E-state index in [1.54, 1.807) is 24.3 Å². The second-order valence-corrected chi connectivity index (χ2v) is 5.79. The van der Waals surface area contributed by atoms with Crippen molar-refractivity contribution < 1.29 is 4.39 Å². The largest absolute Gasteiger partial charge is 0.369 e. The zero-order valence-electron chi connectivity index (χ0n) is 12.6. The van der Waals surface area contributed by atoms with Gasteiger partial charge in [0.2, 0.25) is 0 Å². The van der Waals surface area contributed by atoms with Crippen LogP contribution >= 0.6 is 0 Å². The first-order valence-corrected chi connectivity index (χ1v) is 7.76. The molecule has 0 atom stereocenters. The Morgan fingerprint density at radius 2 is 1.87 bits per heavy atom. The van der Waals surface area contributed by atoms with Crippen molar-refractivity contribution in [3.8, 4) is 11.4 Å². The van der Waals surface area contributed by atoms with Gasteiger partial charge in [-0.05, 0) is 43.2 Å². The van der Waals surface area contributed by atoms with Crippen LogP contribution in [0.25, 0.3) is 22.3 Å². The molecule has 0 bridgehead atoms. The third kappa shape index (κ3) is 2.48. The lowest BCUT2D eigenvalue weighted by atomic mass is 10.1. The smallest absolute Gasteiger partial charge is 0.259 e. The zero-order valence-corrected chi connectivity index (χ0v) is 12.6. The van der Waals surface area contributed by atoms with Crippen LogP contribution < -0.4 is 10.5 Å². The van der Waals surface area contributed by atoms with Crippen molar-refractivity contribution in [3.63, 3.8) is 0 Å². The average molecular weight is 309 g/mol. The fourth-order valence-electron chi connectivity index (χ4n) is 3.09. The minimum absolute atomic E-state index is 0.213. The summed E-state index contributed by atoms with van der Waals surface area (Å²) in [6.07, 6.45) is 2.20. The van der Waals surface area contributed by atoms with Crippen LogP contribution in [0, 0.1) is 5.82 Å². The number of anilines is 1. The number of nitrogens with zero attached hydrogens (tertiary/aromatic N) is 2. The van der Waals surface area contributed by atoms with Crippen molar-refractivity contribution in [3.05, 3.63) is 58.6 Å². The number of rotatable bonds is 2. The van der Waals surface area contributed by atoms with Crippen molar-refractivity contribution in [1.82, 2.24) is 9.97 Å². The number of fused-ring (bicyclic) bond motifs is 1. The molecule has 23 heavy (non-hydrogen) atoms. The summed E-state index contributed by atoms with van der Waals surface area (Å²) in [5.41, 5.74) is 1.59. The normalized spacial score (nSPS) is 14.6. The molecule has 0 amide bonds. The van der Waals surface area contributed by atoms with E-state index < -0.39 is 0 Å². The molecule has 1 saturated heterocycles. The first-order valence-electron chi connectivity index (χ1n) is 7.76. The van der Waals surface area contributed by atoms with E-state index in [2.05, 4.69) is 14.9 Å². The molecule has 4 nitrogen and oxygen atoms in total. The van der Waals surface area contributed by atoms with E-state index >= 15 is 0 Å². The molecule has 0 unspecified atom stereocenters. The lowest BCUT2D eigenvalue weighted by Crippen LogP contribution is -2.19. The number of halogens is 1. The number of para-hydroxylation sites is 1. The van der Waals surface area contributed by atoms with Crippen LogP contribution in [-0.4, -0.2) is 23.1 Å². The van der Waals surface area contributed by atoms with Crippen molar-refractivity contribution >= 4 is 16.6 Å². The standard InChI is InChI=1S/C18H16FN3O/c19-14-11-12(7-8-16(14)22-9-3-4-10-22)17-20-15-6-2-1-5-13(15)18(23)21-17/h1-2,5-8,11H,3-4,9-10H2,(H,20,21,23). The Hall–Kier alpha value is -2.69. The molecule has 1 N–H and O–H groups in total. The van der Waals surface area contributed by atoms with Gasteiger partial charge in [0.25, 0.3) is 5.56 Å². The maximum Gasteiger partial charge on any atom is 0.259 e. The van der Waals surface area contributed by atoms with Gasteiger partial charge in [-0.1, -0.05) is 12.1 Å². The summed E-state index contributed by atoms with van der Waals surface area (Å²) in [7, 11) is 0. The Morgan fingerprint density at radius 3 is 2.65 bits per heavy atom. The van der Waals surface area contributed by atoms with Crippen LogP contribution in [0.2, 0.25) is 0 Å². The molecule has 5 heteroatoms. The Labute approximate surface area is 132 Å². The van der Waals surface area contributed by atoms with Crippen LogP contribution in [0.3, 0.4) is 0 Å². The highest BCUT2D eigenvalue weighted by molar-refractivity contribution is 5.79. The van der Waals surface area contributed by atoms with Crippen molar-refractivity contribution in [2.24, 2.45) is 0 Å². The van der Waals surface area contributed by atoms with Gasteiger partial charge in [0, 0.05) is 18.7 Å². The molecule has 2 aromatic carbocycles. The lowest BCUT2D eigenvalue weighted by Gasteiger charge is -2.18. The monoisotopic (exact) mass is 309 g/mol. The van der Waals surface area contributed by atoms with Crippen LogP contribution in [-0.2, 0) is 0 Å². The molecule has 1 aromatic heterocycles. The molecule has 116 valence electrons. The zero-order chi connectivity index (χ0) is 15.8. The Morgan fingerprint density at radius 1 is 1.09 bits per heavy atom. The molecule has 0 spiro atoms. The summed E-state index contributed by atoms with van der Waals surface area (Å²) in [6, 6.07) is 12.2. The second kappa shape index (κ2) is 5.50. The minimum Gasteiger partial charge on any atom is -0.369 e. The molecule has 3 aromatic rings. The summed E-state index contributed by atoms with van der Waals surface area (Å²) < 4.78 is 14.4. The molecule has 0 aliphatic carbocycles. The Kier molecular flexibility index (Phi) is 3.33.